The van der Waals surface area contributed by atoms with Crippen molar-refractivity contribution < 1.29 is 9.63 Å². The normalized spacial score (nSPS) is 18.6. The summed E-state index contributed by atoms with van der Waals surface area (Å²) in [6.07, 6.45) is 3.14. The van der Waals surface area contributed by atoms with Gasteiger partial charge in [-0.2, -0.15) is 0 Å². The van der Waals surface area contributed by atoms with Crippen molar-refractivity contribution in [3.8, 4) is 0 Å². The number of rotatable bonds is 4. The molecule has 1 amide bonds. The standard InChI is InChI=1S/C12H16N2O2S/c1-9-8-11(14-16-9)13-12(15)6-2-4-10-5-3-7-17-10/h3,5,7,9H,2,4,6,8H2,1H3,(H,13,14,15)/t9-/m0/s1. The highest BCUT2D eigenvalue weighted by Gasteiger charge is 2.17. The van der Waals surface area contributed by atoms with Gasteiger partial charge in [-0.15, -0.1) is 11.3 Å². The van der Waals surface area contributed by atoms with Crippen LogP contribution in [0, 0.1) is 0 Å². The molecule has 2 heterocycles. The minimum atomic E-state index is 0.0259. The summed E-state index contributed by atoms with van der Waals surface area (Å²) in [7, 11) is 0. The van der Waals surface area contributed by atoms with Crippen molar-refractivity contribution in [2.75, 3.05) is 0 Å². The van der Waals surface area contributed by atoms with Crippen molar-refractivity contribution in [1.29, 1.82) is 0 Å². The summed E-state index contributed by atoms with van der Waals surface area (Å²) in [6, 6.07) is 4.13. The molecule has 0 saturated carbocycles. The van der Waals surface area contributed by atoms with E-state index >= 15 is 0 Å². The molecule has 17 heavy (non-hydrogen) atoms. The van der Waals surface area contributed by atoms with Crippen molar-refractivity contribution in [2.24, 2.45) is 5.16 Å². The fourth-order valence-electron chi connectivity index (χ4n) is 1.68. The molecule has 0 fully saturated rings. The fraction of sp³-hybridized carbons (Fsp3) is 0.500. The van der Waals surface area contributed by atoms with Gasteiger partial charge < -0.3 is 10.2 Å². The number of carbonyl (C=O) groups excluding carboxylic acids is 1. The number of nitrogens with zero attached hydrogens (tertiary/aromatic N) is 1. The molecule has 4 nitrogen and oxygen atoms in total. The molecular weight excluding hydrogens is 236 g/mol. The lowest BCUT2D eigenvalue weighted by Gasteiger charge is -2.02. The molecule has 2 rings (SSSR count). The highest BCUT2D eigenvalue weighted by atomic mass is 32.1. The summed E-state index contributed by atoms with van der Waals surface area (Å²) in [6.45, 7) is 1.93. The largest absolute Gasteiger partial charge is 0.391 e. The Morgan fingerprint density at radius 3 is 3.24 bits per heavy atom. The highest BCUT2D eigenvalue weighted by Crippen LogP contribution is 2.12. The number of nitrogens with one attached hydrogen (secondary N) is 1. The molecule has 0 saturated heterocycles. The van der Waals surface area contributed by atoms with E-state index in [0.29, 0.717) is 18.7 Å². The Labute approximate surface area is 105 Å². The van der Waals surface area contributed by atoms with Crippen LogP contribution < -0.4 is 5.32 Å². The minimum Gasteiger partial charge on any atom is -0.391 e. The molecule has 5 heteroatoms. The van der Waals surface area contributed by atoms with E-state index in [0.717, 1.165) is 12.8 Å². The second-order valence-corrected chi connectivity index (χ2v) is 5.17. The van der Waals surface area contributed by atoms with Gasteiger partial charge in [-0.3, -0.25) is 4.79 Å². The zero-order valence-electron chi connectivity index (χ0n) is 9.81. The van der Waals surface area contributed by atoms with Gasteiger partial charge in [0.1, 0.15) is 6.10 Å². The predicted octanol–water partition coefficient (Wildman–Crippen LogP) is 2.31. The van der Waals surface area contributed by atoms with E-state index in [9.17, 15) is 4.79 Å². The molecule has 1 N–H and O–H groups in total. The van der Waals surface area contributed by atoms with Crippen LogP contribution in [0.2, 0.25) is 0 Å². The third kappa shape index (κ3) is 3.85. The zero-order chi connectivity index (χ0) is 12.1. The van der Waals surface area contributed by atoms with E-state index in [2.05, 4.69) is 21.9 Å². The third-order valence-corrected chi connectivity index (χ3v) is 3.45. The molecule has 1 aromatic rings. The first-order chi connectivity index (χ1) is 8.24. The van der Waals surface area contributed by atoms with E-state index < -0.39 is 0 Å². The summed E-state index contributed by atoms with van der Waals surface area (Å²) in [5, 5.41) is 8.64. The number of amidine groups is 1. The van der Waals surface area contributed by atoms with Crippen LogP contribution in [0.5, 0.6) is 0 Å². The monoisotopic (exact) mass is 252 g/mol. The summed E-state index contributed by atoms with van der Waals surface area (Å²) < 4.78 is 0. The number of oxime groups is 1. The molecule has 0 aromatic carbocycles. The smallest absolute Gasteiger partial charge is 0.225 e. The van der Waals surface area contributed by atoms with Gasteiger partial charge >= 0.3 is 0 Å². The number of hydrogen-bond donors (Lipinski definition) is 1. The second kappa shape index (κ2) is 5.82. The van der Waals surface area contributed by atoms with Gasteiger partial charge in [0.05, 0.1) is 0 Å². The van der Waals surface area contributed by atoms with Crippen molar-refractivity contribution in [1.82, 2.24) is 5.32 Å². The number of hydrogen-bond acceptors (Lipinski definition) is 4. The van der Waals surface area contributed by atoms with Crippen molar-refractivity contribution in [3.05, 3.63) is 22.4 Å². The Hall–Kier alpha value is -1.36. The summed E-state index contributed by atoms with van der Waals surface area (Å²) in [4.78, 5) is 17.9. The maximum absolute atomic E-state index is 11.6. The van der Waals surface area contributed by atoms with Crippen LogP contribution in [0.1, 0.15) is 31.1 Å². The van der Waals surface area contributed by atoms with E-state index in [1.54, 1.807) is 11.3 Å². The van der Waals surface area contributed by atoms with E-state index in [-0.39, 0.29) is 12.0 Å². The molecule has 1 aliphatic rings. The second-order valence-electron chi connectivity index (χ2n) is 4.14. The van der Waals surface area contributed by atoms with Gasteiger partial charge in [-0.25, -0.2) is 0 Å². The number of amides is 1. The molecule has 1 aromatic heterocycles. The Morgan fingerprint density at radius 1 is 1.71 bits per heavy atom. The van der Waals surface area contributed by atoms with Crippen LogP contribution >= 0.6 is 11.3 Å². The number of carbonyl (C=O) groups is 1. The third-order valence-electron chi connectivity index (χ3n) is 2.51. The Balaban J connectivity index is 1.64. The highest BCUT2D eigenvalue weighted by molar-refractivity contribution is 7.09. The molecular formula is C12H16N2O2S. The maximum atomic E-state index is 11.6. The lowest BCUT2D eigenvalue weighted by Crippen LogP contribution is -2.29. The van der Waals surface area contributed by atoms with Crippen LogP contribution in [0.4, 0.5) is 0 Å². The van der Waals surface area contributed by atoms with Crippen LogP contribution in [-0.2, 0) is 16.1 Å². The Morgan fingerprint density at radius 2 is 2.59 bits per heavy atom. The van der Waals surface area contributed by atoms with Gasteiger partial charge in [0.15, 0.2) is 5.84 Å². The molecule has 0 radical (unpaired) electrons. The van der Waals surface area contributed by atoms with Gasteiger partial charge in [-0.05, 0) is 31.2 Å². The van der Waals surface area contributed by atoms with Gasteiger partial charge in [0.25, 0.3) is 0 Å². The molecule has 1 atom stereocenters. The SMILES string of the molecule is C[C@H]1CC(NC(=O)CCCc2cccs2)=NO1. The van der Waals surface area contributed by atoms with E-state index in [1.807, 2.05) is 13.0 Å². The van der Waals surface area contributed by atoms with Crippen molar-refractivity contribution in [2.45, 2.75) is 38.7 Å². The predicted molar refractivity (Wildman–Crippen MR) is 68.0 cm³/mol. The van der Waals surface area contributed by atoms with Gasteiger partial charge in [-0.1, -0.05) is 11.2 Å². The first-order valence-electron chi connectivity index (χ1n) is 5.79. The molecule has 0 spiro atoms. The van der Waals surface area contributed by atoms with E-state index in [1.165, 1.54) is 4.88 Å². The zero-order valence-corrected chi connectivity index (χ0v) is 10.6. The van der Waals surface area contributed by atoms with Crippen LogP contribution in [0.3, 0.4) is 0 Å². The first-order valence-corrected chi connectivity index (χ1v) is 6.67. The maximum Gasteiger partial charge on any atom is 0.225 e. The molecule has 0 aliphatic carbocycles. The minimum absolute atomic E-state index is 0.0259. The van der Waals surface area contributed by atoms with Crippen LogP contribution in [0.15, 0.2) is 22.7 Å². The average molecular weight is 252 g/mol. The summed E-state index contributed by atoms with van der Waals surface area (Å²) in [5.41, 5.74) is 0. The lowest BCUT2D eigenvalue weighted by atomic mass is 10.2. The topological polar surface area (TPSA) is 50.7 Å². The van der Waals surface area contributed by atoms with Crippen LogP contribution in [0.25, 0.3) is 0 Å². The van der Waals surface area contributed by atoms with E-state index in [4.69, 9.17) is 4.84 Å². The fourth-order valence-corrected chi connectivity index (χ4v) is 2.43. The lowest BCUT2D eigenvalue weighted by molar-refractivity contribution is -0.119. The average Bonchev–Trinajstić information content (AvgIpc) is 2.90. The molecule has 92 valence electrons. The number of aryl methyl sites for hydroxylation is 1. The first kappa shape index (κ1) is 12.1. The van der Waals surface area contributed by atoms with Gasteiger partial charge in [0, 0.05) is 17.7 Å². The van der Waals surface area contributed by atoms with Crippen LogP contribution in [-0.4, -0.2) is 17.8 Å². The Bertz CT molecular complexity index is 401. The number of thiophene rings is 1. The Kier molecular flexibility index (Phi) is 4.14. The molecule has 0 bridgehead atoms. The molecule has 0 unspecified atom stereocenters. The summed E-state index contributed by atoms with van der Waals surface area (Å²) in [5.74, 6) is 0.677. The quantitative estimate of drug-likeness (QED) is 0.894. The summed E-state index contributed by atoms with van der Waals surface area (Å²) >= 11 is 1.73. The van der Waals surface area contributed by atoms with Gasteiger partial charge in [0.2, 0.25) is 5.91 Å². The van der Waals surface area contributed by atoms with Crippen molar-refractivity contribution >= 4 is 23.1 Å². The molecule has 1 aliphatic heterocycles. The van der Waals surface area contributed by atoms with Crippen molar-refractivity contribution in [3.63, 3.8) is 0 Å².